The summed E-state index contributed by atoms with van der Waals surface area (Å²) in [6.07, 6.45) is 2.84. The third-order valence-corrected chi connectivity index (χ3v) is 5.82. The zero-order valence-electron chi connectivity index (χ0n) is 13.6. The van der Waals surface area contributed by atoms with Gasteiger partial charge >= 0.3 is 19.3 Å². The number of hydrogen-bond acceptors (Lipinski definition) is 9. The summed E-state index contributed by atoms with van der Waals surface area (Å²) in [7, 11) is -2.49. The maximum absolute atomic E-state index is 13.6. The molecule has 26 heavy (non-hydrogen) atoms. The van der Waals surface area contributed by atoms with E-state index in [0.717, 1.165) is 10.6 Å². The van der Waals surface area contributed by atoms with E-state index < -0.39 is 37.6 Å². The van der Waals surface area contributed by atoms with Crippen molar-refractivity contribution < 1.29 is 27.5 Å². The second-order valence-electron chi connectivity index (χ2n) is 5.71. The van der Waals surface area contributed by atoms with Crippen LogP contribution >= 0.6 is 7.75 Å². The summed E-state index contributed by atoms with van der Waals surface area (Å²) in [5.74, 6) is -0.992. The van der Waals surface area contributed by atoms with Crippen LogP contribution < -0.4 is 10.3 Å². The smallest absolute Gasteiger partial charge is 0.456 e. The molecule has 0 N–H and O–H groups in total. The van der Waals surface area contributed by atoms with Crippen molar-refractivity contribution in [2.45, 2.75) is 31.3 Å². The predicted molar refractivity (Wildman–Crippen MR) is 82.0 cm³/mol. The summed E-state index contributed by atoms with van der Waals surface area (Å²) in [4.78, 5) is 18.7. The Hall–Kier alpha value is -2.14. The Morgan fingerprint density at radius 2 is 2.31 bits per heavy atom. The van der Waals surface area contributed by atoms with Gasteiger partial charge in [-0.25, -0.2) is 9.55 Å². The van der Waals surface area contributed by atoms with Gasteiger partial charge in [0.15, 0.2) is 0 Å². The zero-order chi connectivity index (χ0) is 18.3. The second-order valence-corrected chi connectivity index (χ2v) is 7.68. The molecule has 3 aliphatic rings. The molecule has 5 rings (SSSR count). The molecule has 1 saturated heterocycles. The van der Waals surface area contributed by atoms with Crippen LogP contribution in [0.5, 0.6) is 6.01 Å². The molecule has 4 unspecified atom stereocenters. The van der Waals surface area contributed by atoms with Crippen LogP contribution in [-0.2, 0) is 18.3 Å². The van der Waals surface area contributed by atoms with E-state index in [9.17, 15) is 13.8 Å². The Kier molecular flexibility index (Phi) is 4.35. The number of hydrogen-bond donors (Lipinski definition) is 0. The molecule has 0 radical (unpaired) electrons. The molecule has 4 atom stereocenters. The van der Waals surface area contributed by atoms with Gasteiger partial charge < -0.3 is 9.47 Å². The molecule has 0 aliphatic carbocycles. The van der Waals surface area contributed by atoms with Gasteiger partial charge in [0.1, 0.15) is 31.1 Å². The van der Waals surface area contributed by atoms with Crippen LogP contribution in [0.1, 0.15) is 19.1 Å². The average Bonchev–Trinajstić information content (AvgIpc) is 3.09. The highest BCUT2D eigenvalue weighted by Crippen LogP contribution is 2.48. The predicted octanol–water partition coefficient (Wildman–Crippen LogP) is 0.732. The van der Waals surface area contributed by atoms with Crippen molar-refractivity contribution in [2.75, 3.05) is 13.7 Å². The van der Waals surface area contributed by atoms with E-state index in [1.54, 1.807) is 0 Å². The number of rotatable bonds is 5. The lowest BCUT2D eigenvalue weighted by molar-refractivity contribution is -0.129. The summed E-state index contributed by atoms with van der Waals surface area (Å²) in [6.45, 7) is -0.132. The van der Waals surface area contributed by atoms with Crippen molar-refractivity contribution in [1.82, 2.24) is 24.1 Å². The first-order chi connectivity index (χ1) is 12.5. The molecule has 3 aliphatic heterocycles. The molecule has 0 aromatic carbocycles. The minimum absolute atomic E-state index is 0.0161. The lowest BCUT2D eigenvalue weighted by atomic mass is 10.0. The highest BCUT2D eigenvalue weighted by molar-refractivity contribution is 7.52. The number of nitrogens with zero attached hydrogens (tertiary/aromatic N) is 5. The van der Waals surface area contributed by atoms with Gasteiger partial charge in [0, 0.05) is 7.11 Å². The van der Waals surface area contributed by atoms with Crippen molar-refractivity contribution >= 4 is 7.75 Å². The number of halogens is 1. The van der Waals surface area contributed by atoms with Gasteiger partial charge in [-0.1, -0.05) is 0 Å². The van der Waals surface area contributed by atoms with Crippen LogP contribution in [-0.4, -0.2) is 50.0 Å². The Morgan fingerprint density at radius 1 is 1.46 bits per heavy atom. The molecular formula is C13H15FN5O6P. The SMILES string of the molecule is COP(=O)(OCC1OC2CCC1Oc1nc(=O)c(F)cn12)n1cncn1. The van der Waals surface area contributed by atoms with Gasteiger partial charge in [-0.05, 0) is 12.8 Å². The van der Waals surface area contributed by atoms with E-state index in [4.69, 9.17) is 18.5 Å². The fraction of sp³-hybridized carbons (Fsp3) is 0.538. The van der Waals surface area contributed by atoms with Crippen molar-refractivity contribution in [3.63, 3.8) is 0 Å². The minimum Gasteiger partial charge on any atom is -0.458 e. The lowest BCUT2D eigenvalue weighted by Crippen LogP contribution is -2.40. The number of aromatic nitrogens is 5. The molecule has 2 aromatic rings. The Balaban J connectivity index is 1.54. The molecule has 11 nitrogen and oxygen atoms in total. The van der Waals surface area contributed by atoms with Crippen molar-refractivity contribution in [3.05, 3.63) is 35.0 Å². The second kappa shape index (κ2) is 6.54. The summed E-state index contributed by atoms with van der Waals surface area (Å²) < 4.78 is 50.6. The van der Waals surface area contributed by atoms with E-state index in [-0.39, 0.29) is 12.6 Å². The van der Waals surface area contributed by atoms with Crippen molar-refractivity contribution in [1.29, 1.82) is 0 Å². The summed E-state index contributed by atoms with van der Waals surface area (Å²) in [5.41, 5.74) is -1.000. The fourth-order valence-corrected chi connectivity index (χ4v) is 3.97. The van der Waals surface area contributed by atoms with Gasteiger partial charge in [0.25, 0.3) is 0 Å². The quantitative estimate of drug-likeness (QED) is 0.684. The highest BCUT2D eigenvalue weighted by Gasteiger charge is 2.41. The maximum atomic E-state index is 13.6. The number of ether oxygens (including phenoxy) is 2. The monoisotopic (exact) mass is 387 g/mol. The van der Waals surface area contributed by atoms with E-state index in [2.05, 4.69) is 15.1 Å². The average molecular weight is 387 g/mol. The molecule has 0 saturated carbocycles. The van der Waals surface area contributed by atoms with Gasteiger partial charge in [0.05, 0.1) is 12.8 Å². The Morgan fingerprint density at radius 3 is 3.04 bits per heavy atom. The van der Waals surface area contributed by atoms with Crippen molar-refractivity contribution in [2.24, 2.45) is 0 Å². The fourth-order valence-electron chi connectivity index (χ4n) is 2.89. The van der Waals surface area contributed by atoms with Gasteiger partial charge in [-0.2, -0.15) is 13.8 Å². The van der Waals surface area contributed by atoms with Crippen LogP contribution in [0.15, 0.2) is 23.6 Å². The summed E-state index contributed by atoms with van der Waals surface area (Å²) >= 11 is 0. The molecule has 2 bridgehead atoms. The Labute approximate surface area is 146 Å². The Bertz CT molecular complexity index is 905. The van der Waals surface area contributed by atoms with Gasteiger partial charge in [-0.15, -0.1) is 5.10 Å². The largest absolute Gasteiger partial charge is 0.458 e. The van der Waals surface area contributed by atoms with E-state index in [1.165, 1.54) is 24.3 Å². The minimum atomic E-state index is -3.72. The first kappa shape index (κ1) is 17.3. The molecule has 140 valence electrons. The van der Waals surface area contributed by atoms with E-state index >= 15 is 0 Å². The topological polar surface area (TPSA) is 120 Å². The summed E-state index contributed by atoms with van der Waals surface area (Å²) in [5, 5.41) is 3.77. The maximum Gasteiger partial charge on any atom is 0.456 e. The van der Waals surface area contributed by atoms with E-state index in [0.29, 0.717) is 12.8 Å². The molecule has 0 spiro atoms. The van der Waals surface area contributed by atoms with Gasteiger partial charge in [-0.3, -0.25) is 18.4 Å². The standard InChI is InChI=1S/C13H15FN5O6P/c1-22-26(21,19-7-15-6-16-19)23-5-10-9-2-3-11(24-10)18-4-8(14)12(20)17-13(18)25-9/h4,6-7,9-11H,2-3,5H2,1H3. The first-order valence-corrected chi connectivity index (χ1v) is 9.26. The van der Waals surface area contributed by atoms with Crippen LogP contribution in [0, 0.1) is 5.82 Å². The molecule has 2 aromatic heterocycles. The van der Waals surface area contributed by atoms with Crippen LogP contribution in [0.2, 0.25) is 0 Å². The van der Waals surface area contributed by atoms with Crippen molar-refractivity contribution in [3.8, 4) is 6.01 Å². The van der Waals surface area contributed by atoms with Gasteiger partial charge in [0.2, 0.25) is 5.82 Å². The zero-order valence-corrected chi connectivity index (χ0v) is 14.5. The van der Waals surface area contributed by atoms with Crippen LogP contribution in [0.4, 0.5) is 4.39 Å². The lowest BCUT2D eigenvalue weighted by Gasteiger charge is -2.32. The third kappa shape index (κ3) is 2.94. The van der Waals surface area contributed by atoms with Crippen LogP contribution in [0.3, 0.4) is 0 Å². The van der Waals surface area contributed by atoms with Crippen LogP contribution in [0.25, 0.3) is 0 Å². The van der Waals surface area contributed by atoms with E-state index in [1.807, 2.05) is 0 Å². The molecule has 1 fully saturated rings. The molecule has 0 amide bonds. The molecule has 5 heterocycles. The summed E-state index contributed by atoms with van der Waals surface area (Å²) in [6, 6.07) is -0.0161. The number of fused-ring (bicyclic) bond motifs is 2. The first-order valence-electron chi connectivity index (χ1n) is 7.77. The highest BCUT2D eigenvalue weighted by atomic mass is 31.2. The normalized spacial score (nSPS) is 26.6. The third-order valence-electron chi connectivity index (χ3n) is 4.18. The molecular weight excluding hydrogens is 372 g/mol. The molecule has 13 heteroatoms.